The quantitative estimate of drug-likeness (QED) is 0.865. The van der Waals surface area contributed by atoms with E-state index in [0.717, 1.165) is 4.88 Å². The van der Waals surface area contributed by atoms with Crippen molar-refractivity contribution in [3.05, 3.63) is 45.6 Å². The summed E-state index contributed by atoms with van der Waals surface area (Å²) in [5, 5.41) is 5.12. The number of ether oxygens (including phenoxy) is 1. The van der Waals surface area contributed by atoms with E-state index in [1.165, 1.54) is 11.8 Å². The minimum absolute atomic E-state index is 0.399. The Balaban J connectivity index is 1.84. The second-order valence-electron chi connectivity index (χ2n) is 5.47. The molecule has 0 saturated carbocycles. The molecule has 1 aliphatic heterocycles. The van der Waals surface area contributed by atoms with Gasteiger partial charge in [0.2, 0.25) is 0 Å². The summed E-state index contributed by atoms with van der Waals surface area (Å²) in [6, 6.07) is 8.74. The van der Waals surface area contributed by atoms with Crippen LogP contribution in [0.3, 0.4) is 0 Å². The molecule has 1 unspecified atom stereocenters. The van der Waals surface area contributed by atoms with Gasteiger partial charge in [-0.1, -0.05) is 17.7 Å². The van der Waals surface area contributed by atoms with E-state index in [9.17, 15) is 9.59 Å². The monoisotopic (exact) mass is 350 g/mol. The summed E-state index contributed by atoms with van der Waals surface area (Å²) in [6.45, 7) is 1.91. The molecule has 2 amide bonds. The normalized spacial score (nSPS) is 19.5. The highest BCUT2D eigenvalue weighted by atomic mass is 35.5. The number of anilines is 1. The number of hydrogen-bond acceptors (Lipinski definition) is 4. The van der Waals surface area contributed by atoms with Gasteiger partial charge in [0.05, 0.1) is 12.2 Å². The molecule has 1 aromatic carbocycles. The van der Waals surface area contributed by atoms with Gasteiger partial charge in [-0.15, -0.1) is 11.3 Å². The van der Waals surface area contributed by atoms with E-state index in [1.54, 1.807) is 36.6 Å². The average Bonchev–Trinajstić information content (AvgIpc) is 3.01. The molecule has 0 aliphatic carbocycles. The number of hydrogen-bond donors (Lipinski definition) is 1. The molecule has 2 aromatic rings. The molecule has 1 aromatic heterocycles. The van der Waals surface area contributed by atoms with Gasteiger partial charge in [-0.05, 0) is 36.6 Å². The lowest BCUT2D eigenvalue weighted by atomic mass is 10.0. The summed E-state index contributed by atoms with van der Waals surface area (Å²) in [5.41, 5.74) is -1.14. The molecule has 7 heteroatoms. The number of halogens is 1. The molecule has 0 fully saturated rings. The fraction of sp³-hybridized carbons (Fsp3) is 0.250. The number of amides is 2. The first-order valence-electron chi connectivity index (χ1n) is 6.98. The molecule has 2 heterocycles. The molecule has 1 aliphatic rings. The Morgan fingerprint density at radius 1 is 1.43 bits per heavy atom. The van der Waals surface area contributed by atoms with Crippen LogP contribution in [-0.4, -0.2) is 29.4 Å². The van der Waals surface area contributed by atoms with E-state index in [2.05, 4.69) is 5.32 Å². The summed E-state index contributed by atoms with van der Waals surface area (Å²) in [5.74, 6) is -0.478. The Morgan fingerprint density at radius 3 is 2.91 bits per heavy atom. The Kier molecular flexibility index (Phi) is 4.04. The molecule has 0 spiro atoms. The van der Waals surface area contributed by atoms with Crippen LogP contribution in [0.15, 0.2) is 35.7 Å². The number of benzene rings is 1. The van der Waals surface area contributed by atoms with Gasteiger partial charge in [0, 0.05) is 16.9 Å². The number of likely N-dealkylation sites (N-methyl/N-ethyl adjacent to an activating group) is 1. The minimum atomic E-state index is -1.60. The summed E-state index contributed by atoms with van der Waals surface area (Å²) >= 11 is 7.46. The van der Waals surface area contributed by atoms with Gasteiger partial charge in [-0.3, -0.25) is 9.59 Å². The van der Waals surface area contributed by atoms with Gasteiger partial charge < -0.3 is 15.0 Å². The van der Waals surface area contributed by atoms with Crippen LogP contribution in [0.2, 0.25) is 5.02 Å². The first-order chi connectivity index (χ1) is 10.9. The number of carbonyl (C=O) groups is 2. The fourth-order valence-corrected chi connectivity index (χ4v) is 3.34. The molecular weight excluding hydrogens is 336 g/mol. The fourth-order valence-electron chi connectivity index (χ4n) is 2.41. The van der Waals surface area contributed by atoms with Crippen LogP contribution in [0, 0.1) is 0 Å². The minimum Gasteiger partial charge on any atom is -0.466 e. The van der Waals surface area contributed by atoms with Gasteiger partial charge in [-0.25, -0.2) is 0 Å². The van der Waals surface area contributed by atoms with Gasteiger partial charge in [0.25, 0.3) is 17.4 Å². The van der Waals surface area contributed by atoms with Crippen LogP contribution >= 0.6 is 22.9 Å². The third kappa shape index (κ3) is 2.92. The number of fused-ring (bicyclic) bond motifs is 1. The number of rotatable bonds is 3. The lowest BCUT2D eigenvalue weighted by Crippen LogP contribution is -2.58. The van der Waals surface area contributed by atoms with Crippen molar-refractivity contribution in [1.29, 1.82) is 0 Å². The summed E-state index contributed by atoms with van der Waals surface area (Å²) in [7, 11) is 1.65. The zero-order valence-electron chi connectivity index (χ0n) is 12.6. The first kappa shape index (κ1) is 15.8. The predicted molar refractivity (Wildman–Crippen MR) is 89.9 cm³/mol. The van der Waals surface area contributed by atoms with E-state index in [1.807, 2.05) is 17.5 Å². The van der Waals surface area contributed by atoms with Gasteiger partial charge in [0.1, 0.15) is 5.75 Å². The third-order valence-corrected chi connectivity index (χ3v) is 4.76. The maximum absolute atomic E-state index is 12.8. The molecule has 1 atom stereocenters. The second-order valence-corrected chi connectivity index (χ2v) is 6.94. The van der Waals surface area contributed by atoms with Gasteiger partial charge in [0.15, 0.2) is 0 Å². The largest absolute Gasteiger partial charge is 0.466 e. The highest BCUT2D eigenvalue weighted by Crippen LogP contribution is 2.36. The average molecular weight is 351 g/mol. The first-order valence-corrected chi connectivity index (χ1v) is 8.24. The number of thiophene rings is 1. The second kappa shape index (κ2) is 5.86. The maximum Gasteiger partial charge on any atom is 0.278 e. The van der Waals surface area contributed by atoms with Crippen LogP contribution in [-0.2, 0) is 16.1 Å². The van der Waals surface area contributed by atoms with Crippen LogP contribution in [0.1, 0.15) is 11.8 Å². The Labute approximate surface area is 142 Å². The van der Waals surface area contributed by atoms with E-state index < -0.39 is 17.4 Å². The Morgan fingerprint density at radius 2 is 2.22 bits per heavy atom. The smallest absolute Gasteiger partial charge is 0.278 e. The molecule has 3 rings (SSSR count). The van der Waals surface area contributed by atoms with Crippen molar-refractivity contribution in [2.45, 2.75) is 19.1 Å². The number of nitrogens with zero attached hydrogens (tertiary/aromatic N) is 1. The van der Waals surface area contributed by atoms with Crippen molar-refractivity contribution in [1.82, 2.24) is 4.90 Å². The van der Waals surface area contributed by atoms with Gasteiger partial charge in [-0.2, -0.15) is 0 Å². The molecule has 1 N–H and O–H groups in total. The van der Waals surface area contributed by atoms with Crippen LogP contribution in [0.5, 0.6) is 5.75 Å². The molecule has 23 heavy (non-hydrogen) atoms. The molecule has 120 valence electrons. The van der Waals surface area contributed by atoms with E-state index in [4.69, 9.17) is 16.3 Å². The molecule has 5 nitrogen and oxygen atoms in total. The SMILES string of the molecule is CN(Cc1cccs1)C(=O)C1(C)Oc2ccc(Cl)cc2NC1=O. The number of nitrogens with one attached hydrogen (secondary N) is 1. The molecule has 0 saturated heterocycles. The summed E-state index contributed by atoms with van der Waals surface area (Å²) < 4.78 is 5.73. The lowest BCUT2D eigenvalue weighted by molar-refractivity contribution is -0.153. The maximum atomic E-state index is 12.8. The Hall–Kier alpha value is -2.05. The van der Waals surface area contributed by atoms with E-state index in [0.29, 0.717) is 23.0 Å². The third-order valence-electron chi connectivity index (χ3n) is 3.67. The van der Waals surface area contributed by atoms with Crippen molar-refractivity contribution in [2.75, 3.05) is 12.4 Å². The predicted octanol–water partition coefficient (Wildman–Crippen LogP) is 3.15. The van der Waals surface area contributed by atoms with Crippen LogP contribution in [0.25, 0.3) is 0 Å². The highest BCUT2D eigenvalue weighted by molar-refractivity contribution is 7.09. The summed E-state index contributed by atoms with van der Waals surface area (Å²) in [4.78, 5) is 27.7. The zero-order chi connectivity index (χ0) is 16.6. The van der Waals surface area contributed by atoms with Crippen molar-refractivity contribution < 1.29 is 14.3 Å². The Bertz CT molecular complexity index is 763. The number of carbonyl (C=O) groups excluding carboxylic acids is 2. The van der Waals surface area contributed by atoms with E-state index in [-0.39, 0.29) is 0 Å². The standard InChI is InChI=1S/C16H15ClN2O3S/c1-16(15(21)19(2)9-11-4-3-7-23-11)14(20)18-12-8-10(17)5-6-13(12)22-16/h3-8H,9H2,1-2H3,(H,18,20). The van der Waals surface area contributed by atoms with Crippen molar-refractivity contribution in [2.24, 2.45) is 0 Å². The lowest BCUT2D eigenvalue weighted by Gasteiger charge is -2.35. The van der Waals surface area contributed by atoms with Crippen LogP contribution in [0.4, 0.5) is 5.69 Å². The van der Waals surface area contributed by atoms with E-state index >= 15 is 0 Å². The summed E-state index contributed by atoms with van der Waals surface area (Å²) in [6.07, 6.45) is 0. The van der Waals surface area contributed by atoms with Gasteiger partial charge >= 0.3 is 0 Å². The molecular formula is C16H15ClN2O3S. The van der Waals surface area contributed by atoms with Crippen molar-refractivity contribution in [3.8, 4) is 5.75 Å². The zero-order valence-corrected chi connectivity index (χ0v) is 14.2. The van der Waals surface area contributed by atoms with Crippen LogP contribution < -0.4 is 10.1 Å². The topological polar surface area (TPSA) is 58.6 Å². The van der Waals surface area contributed by atoms with Crippen molar-refractivity contribution >= 4 is 40.4 Å². The highest BCUT2D eigenvalue weighted by Gasteiger charge is 2.48. The molecule has 0 bridgehead atoms. The van der Waals surface area contributed by atoms with Crippen molar-refractivity contribution in [3.63, 3.8) is 0 Å². The molecule has 0 radical (unpaired) electrons.